The van der Waals surface area contributed by atoms with Crippen LogP contribution in [0.15, 0.2) is 54.6 Å². The Morgan fingerprint density at radius 2 is 1.87 bits per heavy atom. The highest BCUT2D eigenvalue weighted by atomic mass is 32.1. The standard InChI is InChI=1S/C19H19NO2S/c1-13-7-3-5-9-15(13)18(21)20-12-19(2,22)17-11-14-8-4-6-10-16(14)23-17/h3-11,22H,12H2,1-2H3,(H,20,21). The molecule has 3 aromatic rings. The molecule has 23 heavy (non-hydrogen) atoms. The zero-order valence-electron chi connectivity index (χ0n) is 13.2. The molecule has 3 nitrogen and oxygen atoms in total. The van der Waals surface area contributed by atoms with E-state index in [1.807, 2.05) is 55.5 Å². The monoisotopic (exact) mass is 325 g/mol. The minimum Gasteiger partial charge on any atom is -0.383 e. The molecule has 0 radical (unpaired) electrons. The van der Waals surface area contributed by atoms with Gasteiger partial charge >= 0.3 is 0 Å². The number of benzene rings is 2. The van der Waals surface area contributed by atoms with Crippen molar-refractivity contribution in [3.05, 3.63) is 70.6 Å². The van der Waals surface area contributed by atoms with Gasteiger partial charge in [0.15, 0.2) is 0 Å². The van der Waals surface area contributed by atoms with E-state index >= 15 is 0 Å². The van der Waals surface area contributed by atoms with Crippen molar-refractivity contribution in [2.45, 2.75) is 19.4 Å². The largest absolute Gasteiger partial charge is 0.383 e. The van der Waals surface area contributed by atoms with Crippen molar-refractivity contribution in [2.24, 2.45) is 0 Å². The molecule has 1 atom stereocenters. The fourth-order valence-corrected chi connectivity index (χ4v) is 3.62. The van der Waals surface area contributed by atoms with Gasteiger partial charge in [0.2, 0.25) is 0 Å². The van der Waals surface area contributed by atoms with Gasteiger partial charge in [0.1, 0.15) is 5.60 Å². The first-order valence-corrected chi connectivity index (χ1v) is 8.34. The minimum atomic E-state index is -1.10. The average Bonchev–Trinajstić information content (AvgIpc) is 2.98. The predicted octanol–water partition coefficient (Wildman–Crippen LogP) is 3.85. The molecule has 2 aromatic carbocycles. The third-order valence-electron chi connectivity index (χ3n) is 3.94. The third kappa shape index (κ3) is 3.28. The zero-order chi connectivity index (χ0) is 16.4. The number of hydrogen-bond donors (Lipinski definition) is 2. The number of amides is 1. The minimum absolute atomic E-state index is 0.163. The van der Waals surface area contributed by atoms with E-state index in [1.54, 1.807) is 24.3 Å². The Bertz CT molecular complexity index is 818. The van der Waals surface area contributed by atoms with Gasteiger partial charge in [0, 0.05) is 15.1 Å². The van der Waals surface area contributed by atoms with E-state index in [2.05, 4.69) is 5.32 Å². The van der Waals surface area contributed by atoms with Crippen molar-refractivity contribution < 1.29 is 9.90 Å². The number of fused-ring (bicyclic) bond motifs is 1. The zero-order valence-corrected chi connectivity index (χ0v) is 14.0. The van der Waals surface area contributed by atoms with E-state index in [0.29, 0.717) is 5.56 Å². The van der Waals surface area contributed by atoms with Gasteiger partial charge in [-0.25, -0.2) is 0 Å². The maximum absolute atomic E-state index is 12.3. The number of nitrogens with one attached hydrogen (secondary N) is 1. The van der Waals surface area contributed by atoms with Gasteiger partial charge in [-0.05, 0) is 43.0 Å². The van der Waals surface area contributed by atoms with Crippen LogP contribution in [0.2, 0.25) is 0 Å². The Kier molecular flexibility index (Phi) is 4.20. The van der Waals surface area contributed by atoms with Crippen molar-refractivity contribution in [3.8, 4) is 0 Å². The van der Waals surface area contributed by atoms with E-state index in [9.17, 15) is 9.90 Å². The van der Waals surface area contributed by atoms with Crippen LogP contribution in [0.3, 0.4) is 0 Å². The van der Waals surface area contributed by atoms with Crippen LogP contribution < -0.4 is 5.32 Å². The van der Waals surface area contributed by atoms with Crippen LogP contribution in [0.4, 0.5) is 0 Å². The second-order valence-corrected chi connectivity index (χ2v) is 7.00. The molecule has 0 bridgehead atoms. The third-order valence-corrected chi connectivity index (χ3v) is 5.31. The number of aryl methyl sites for hydroxylation is 1. The summed E-state index contributed by atoms with van der Waals surface area (Å²) < 4.78 is 1.13. The molecule has 0 aliphatic heterocycles. The van der Waals surface area contributed by atoms with E-state index in [1.165, 1.54) is 0 Å². The molecule has 1 heterocycles. The molecule has 1 aromatic heterocycles. The molecule has 0 saturated carbocycles. The summed E-state index contributed by atoms with van der Waals surface area (Å²) in [5.74, 6) is -0.163. The van der Waals surface area contributed by atoms with Gasteiger partial charge in [-0.2, -0.15) is 0 Å². The molecule has 0 aliphatic carbocycles. The molecular formula is C19H19NO2S. The first-order valence-electron chi connectivity index (χ1n) is 7.53. The molecule has 118 valence electrons. The number of aliphatic hydroxyl groups is 1. The normalized spacial score (nSPS) is 13.7. The number of thiophene rings is 1. The number of carbonyl (C=O) groups is 1. The predicted molar refractivity (Wildman–Crippen MR) is 94.9 cm³/mol. The Morgan fingerprint density at radius 1 is 1.17 bits per heavy atom. The molecule has 3 rings (SSSR count). The summed E-state index contributed by atoms with van der Waals surface area (Å²) in [4.78, 5) is 13.1. The lowest BCUT2D eigenvalue weighted by Crippen LogP contribution is -2.38. The first-order chi connectivity index (χ1) is 11.0. The van der Waals surface area contributed by atoms with Crippen LogP contribution in [-0.4, -0.2) is 17.6 Å². The topological polar surface area (TPSA) is 49.3 Å². The Labute approximate surface area is 139 Å². The maximum atomic E-state index is 12.3. The Hall–Kier alpha value is -2.17. The van der Waals surface area contributed by atoms with Gasteiger partial charge in [0.25, 0.3) is 5.91 Å². The van der Waals surface area contributed by atoms with Crippen molar-refractivity contribution in [1.82, 2.24) is 5.32 Å². The number of carbonyl (C=O) groups excluding carboxylic acids is 1. The highest BCUT2D eigenvalue weighted by Gasteiger charge is 2.26. The summed E-state index contributed by atoms with van der Waals surface area (Å²) in [6, 6.07) is 17.4. The number of rotatable bonds is 4. The van der Waals surface area contributed by atoms with E-state index in [4.69, 9.17) is 0 Å². The molecule has 2 N–H and O–H groups in total. The van der Waals surface area contributed by atoms with Crippen molar-refractivity contribution in [3.63, 3.8) is 0 Å². The summed E-state index contributed by atoms with van der Waals surface area (Å²) in [5, 5.41) is 14.7. The SMILES string of the molecule is Cc1ccccc1C(=O)NCC(C)(O)c1cc2ccccc2s1. The van der Waals surface area contributed by atoms with Gasteiger partial charge in [-0.1, -0.05) is 36.4 Å². The lowest BCUT2D eigenvalue weighted by atomic mass is 10.0. The van der Waals surface area contributed by atoms with Crippen LogP contribution in [-0.2, 0) is 5.60 Å². The highest BCUT2D eigenvalue weighted by Crippen LogP contribution is 2.32. The molecule has 1 amide bonds. The lowest BCUT2D eigenvalue weighted by Gasteiger charge is -2.22. The molecular weight excluding hydrogens is 306 g/mol. The second kappa shape index (κ2) is 6.14. The van der Waals surface area contributed by atoms with E-state index in [0.717, 1.165) is 20.5 Å². The first kappa shape index (κ1) is 15.7. The van der Waals surface area contributed by atoms with Crippen LogP contribution in [0.1, 0.15) is 27.7 Å². The number of hydrogen-bond acceptors (Lipinski definition) is 3. The molecule has 0 spiro atoms. The summed E-state index contributed by atoms with van der Waals surface area (Å²) in [7, 11) is 0. The van der Waals surface area contributed by atoms with E-state index in [-0.39, 0.29) is 12.5 Å². The van der Waals surface area contributed by atoms with Gasteiger partial charge in [-0.3, -0.25) is 4.79 Å². The summed E-state index contributed by atoms with van der Waals surface area (Å²) in [5.41, 5.74) is 0.466. The molecule has 0 fully saturated rings. The Morgan fingerprint density at radius 3 is 2.61 bits per heavy atom. The summed E-state index contributed by atoms with van der Waals surface area (Å²) in [6.07, 6.45) is 0. The summed E-state index contributed by atoms with van der Waals surface area (Å²) in [6.45, 7) is 3.81. The fraction of sp³-hybridized carbons (Fsp3) is 0.211. The maximum Gasteiger partial charge on any atom is 0.251 e. The van der Waals surface area contributed by atoms with Crippen LogP contribution in [0, 0.1) is 6.92 Å². The quantitative estimate of drug-likeness (QED) is 0.765. The lowest BCUT2D eigenvalue weighted by molar-refractivity contribution is 0.0557. The van der Waals surface area contributed by atoms with Crippen LogP contribution in [0.5, 0.6) is 0 Å². The second-order valence-electron chi connectivity index (χ2n) is 5.92. The van der Waals surface area contributed by atoms with Crippen molar-refractivity contribution >= 4 is 27.3 Å². The molecule has 0 aliphatic rings. The molecule has 4 heteroatoms. The highest BCUT2D eigenvalue weighted by molar-refractivity contribution is 7.19. The molecule has 1 unspecified atom stereocenters. The molecule has 0 saturated heterocycles. The van der Waals surface area contributed by atoms with Crippen LogP contribution >= 0.6 is 11.3 Å². The Balaban J connectivity index is 1.76. The van der Waals surface area contributed by atoms with Gasteiger partial charge in [-0.15, -0.1) is 11.3 Å². The summed E-state index contributed by atoms with van der Waals surface area (Å²) >= 11 is 1.55. The van der Waals surface area contributed by atoms with Gasteiger partial charge < -0.3 is 10.4 Å². The van der Waals surface area contributed by atoms with Crippen molar-refractivity contribution in [2.75, 3.05) is 6.54 Å². The van der Waals surface area contributed by atoms with Gasteiger partial charge in [0.05, 0.1) is 6.54 Å². The van der Waals surface area contributed by atoms with Crippen LogP contribution in [0.25, 0.3) is 10.1 Å². The average molecular weight is 325 g/mol. The van der Waals surface area contributed by atoms with Crippen molar-refractivity contribution in [1.29, 1.82) is 0 Å². The fourth-order valence-electron chi connectivity index (χ4n) is 2.51. The smallest absolute Gasteiger partial charge is 0.251 e. The van der Waals surface area contributed by atoms with E-state index < -0.39 is 5.60 Å².